The standard InChI is InChI=1S/C9H12N4O3/c1-16-7-2-6(3-11-4-7)9(15)8(14)5-12-13-10/h2-4,8-9,14-15H,5H2,1H3. The van der Waals surface area contributed by atoms with Crippen molar-refractivity contribution in [2.24, 2.45) is 5.11 Å². The van der Waals surface area contributed by atoms with Gasteiger partial charge in [-0.05, 0) is 11.6 Å². The summed E-state index contributed by atoms with van der Waals surface area (Å²) in [5.74, 6) is 0.479. The number of hydrogen-bond acceptors (Lipinski definition) is 5. The zero-order valence-electron chi connectivity index (χ0n) is 8.69. The molecule has 1 rings (SSSR count). The molecule has 1 heterocycles. The summed E-state index contributed by atoms with van der Waals surface area (Å²) in [7, 11) is 1.48. The molecule has 0 saturated heterocycles. The van der Waals surface area contributed by atoms with Crippen molar-refractivity contribution in [1.82, 2.24) is 4.98 Å². The third-order valence-electron chi connectivity index (χ3n) is 2.01. The van der Waals surface area contributed by atoms with Crippen LogP contribution in [0.15, 0.2) is 23.6 Å². The zero-order valence-corrected chi connectivity index (χ0v) is 8.69. The number of ether oxygens (including phenoxy) is 1. The highest BCUT2D eigenvalue weighted by Crippen LogP contribution is 2.20. The quantitative estimate of drug-likeness (QED) is 0.437. The monoisotopic (exact) mass is 224 g/mol. The highest BCUT2D eigenvalue weighted by Gasteiger charge is 2.18. The molecule has 7 nitrogen and oxygen atoms in total. The molecule has 2 N–H and O–H groups in total. The van der Waals surface area contributed by atoms with Crippen LogP contribution in [0.3, 0.4) is 0 Å². The van der Waals surface area contributed by atoms with Crippen LogP contribution in [0.4, 0.5) is 0 Å². The van der Waals surface area contributed by atoms with Crippen molar-refractivity contribution in [3.05, 3.63) is 34.5 Å². The molecule has 1 aromatic rings. The summed E-state index contributed by atoms with van der Waals surface area (Å²) in [6.07, 6.45) is 0.570. The van der Waals surface area contributed by atoms with Gasteiger partial charge in [0.15, 0.2) is 0 Å². The maximum absolute atomic E-state index is 9.71. The largest absolute Gasteiger partial charge is 0.495 e. The Morgan fingerprint density at radius 3 is 2.94 bits per heavy atom. The van der Waals surface area contributed by atoms with Gasteiger partial charge in [0, 0.05) is 16.7 Å². The molecule has 1 aromatic heterocycles. The van der Waals surface area contributed by atoms with Crippen molar-refractivity contribution in [2.75, 3.05) is 13.7 Å². The Morgan fingerprint density at radius 2 is 2.31 bits per heavy atom. The van der Waals surface area contributed by atoms with E-state index in [9.17, 15) is 10.2 Å². The van der Waals surface area contributed by atoms with E-state index in [0.717, 1.165) is 0 Å². The minimum atomic E-state index is -1.16. The van der Waals surface area contributed by atoms with Crippen molar-refractivity contribution >= 4 is 0 Å². The lowest BCUT2D eigenvalue weighted by Gasteiger charge is -2.16. The molecular formula is C9H12N4O3. The summed E-state index contributed by atoms with van der Waals surface area (Å²) >= 11 is 0. The van der Waals surface area contributed by atoms with Crippen molar-refractivity contribution < 1.29 is 14.9 Å². The molecule has 0 fully saturated rings. The van der Waals surface area contributed by atoms with Crippen LogP contribution >= 0.6 is 0 Å². The van der Waals surface area contributed by atoms with Gasteiger partial charge >= 0.3 is 0 Å². The number of aliphatic hydroxyl groups is 2. The second kappa shape index (κ2) is 5.92. The minimum absolute atomic E-state index is 0.200. The van der Waals surface area contributed by atoms with Gasteiger partial charge in [0.25, 0.3) is 0 Å². The van der Waals surface area contributed by atoms with Crippen LogP contribution in [-0.4, -0.2) is 35.0 Å². The zero-order chi connectivity index (χ0) is 12.0. The van der Waals surface area contributed by atoms with E-state index >= 15 is 0 Å². The highest BCUT2D eigenvalue weighted by atomic mass is 16.5. The van der Waals surface area contributed by atoms with Crippen molar-refractivity contribution in [3.63, 3.8) is 0 Å². The SMILES string of the molecule is COc1cncc(C(O)C(O)CN=[N+]=[N-])c1. The molecule has 0 aromatic carbocycles. The van der Waals surface area contributed by atoms with Crippen molar-refractivity contribution in [2.45, 2.75) is 12.2 Å². The smallest absolute Gasteiger partial charge is 0.137 e. The predicted molar refractivity (Wildman–Crippen MR) is 55.8 cm³/mol. The van der Waals surface area contributed by atoms with Gasteiger partial charge in [-0.15, -0.1) is 0 Å². The van der Waals surface area contributed by atoms with Gasteiger partial charge in [0.05, 0.1) is 26.0 Å². The average Bonchev–Trinajstić information content (AvgIpc) is 2.35. The molecule has 0 radical (unpaired) electrons. The predicted octanol–water partition coefficient (Wildman–Crippen LogP) is 0.795. The maximum atomic E-state index is 9.71. The molecule has 7 heteroatoms. The number of rotatable bonds is 5. The average molecular weight is 224 g/mol. The van der Waals surface area contributed by atoms with E-state index in [1.807, 2.05) is 0 Å². The molecule has 16 heavy (non-hydrogen) atoms. The van der Waals surface area contributed by atoms with Crippen LogP contribution in [0.25, 0.3) is 10.4 Å². The van der Waals surface area contributed by atoms with Crippen molar-refractivity contribution in [3.8, 4) is 5.75 Å². The molecule has 2 unspecified atom stereocenters. The van der Waals surface area contributed by atoms with Crippen LogP contribution in [0, 0.1) is 0 Å². The van der Waals surface area contributed by atoms with Crippen LogP contribution in [-0.2, 0) is 0 Å². The normalized spacial score (nSPS) is 13.7. The van der Waals surface area contributed by atoms with Crippen LogP contribution < -0.4 is 4.74 Å². The van der Waals surface area contributed by atoms with Crippen molar-refractivity contribution in [1.29, 1.82) is 0 Å². The van der Waals surface area contributed by atoms with E-state index in [1.165, 1.54) is 19.5 Å². The Kier molecular flexibility index (Phi) is 4.53. The lowest BCUT2D eigenvalue weighted by molar-refractivity contribution is 0.0241. The topological polar surface area (TPSA) is 111 Å². The Hall–Kier alpha value is -1.82. The number of aromatic nitrogens is 1. The van der Waals surface area contributed by atoms with Gasteiger partial charge in [-0.25, -0.2) is 0 Å². The Morgan fingerprint density at radius 1 is 1.56 bits per heavy atom. The fourth-order valence-electron chi connectivity index (χ4n) is 1.15. The van der Waals surface area contributed by atoms with E-state index in [1.54, 1.807) is 6.07 Å². The number of hydrogen-bond donors (Lipinski definition) is 2. The first-order valence-corrected chi connectivity index (χ1v) is 4.55. The number of methoxy groups -OCH3 is 1. The van der Waals surface area contributed by atoms with E-state index < -0.39 is 12.2 Å². The second-order valence-electron chi connectivity index (χ2n) is 3.08. The molecule has 0 bridgehead atoms. The fourth-order valence-corrected chi connectivity index (χ4v) is 1.15. The van der Waals surface area contributed by atoms with E-state index in [0.29, 0.717) is 11.3 Å². The summed E-state index contributed by atoms with van der Waals surface area (Å²) in [6, 6.07) is 1.55. The summed E-state index contributed by atoms with van der Waals surface area (Å²) in [4.78, 5) is 6.34. The molecule has 86 valence electrons. The number of aliphatic hydroxyl groups excluding tert-OH is 2. The second-order valence-corrected chi connectivity index (χ2v) is 3.08. The minimum Gasteiger partial charge on any atom is -0.495 e. The van der Waals surface area contributed by atoms with E-state index in [4.69, 9.17) is 10.3 Å². The Balaban J connectivity index is 2.78. The third kappa shape index (κ3) is 3.09. The van der Waals surface area contributed by atoms with Gasteiger partial charge in [-0.1, -0.05) is 5.11 Å². The highest BCUT2D eigenvalue weighted by molar-refractivity contribution is 5.25. The van der Waals surface area contributed by atoms with Crippen LogP contribution in [0.2, 0.25) is 0 Å². The van der Waals surface area contributed by atoms with Gasteiger partial charge in [-0.3, -0.25) is 4.98 Å². The molecule has 2 atom stereocenters. The molecule has 0 spiro atoms. The summed E-state index contributed by atoms with van der Waals surface area (Å²) in [5.41, 5.74) is 8.49. The lowest BCUT2D eigenvalue weighted by atomic mass is 10.1. The first-order chi connectivity index (χ1) is 7.69. The maximum Gasteiger partial charge on any atom is 0.137 e. The molecule has 0 amide bonds. The van der Waals surface area contributed by atoms with Crippen LogP contribution in [0.1, 0.15) is 11.7 Å². The molecule has 0 saturated carbocycles. The molecule has 0 aliphatic heterocycles. The number of azide groups is 1. The fraction of sp³-hybridized carbons (Fsp3) is 0.444. The van der Waals surface area contributed by atoms with Gasteiger partial charge in [0.1, 0.15) is 11.9 Å². The molecular weight excluding hydrogens is 212 g/mol. The summed E-state index contributed by atoms with van der Waals surface area (Å²) in [5, 5.41) is 22.4. The Labute approximate surface area is 91.9 Å². The van der Waals surface area contributed by atoms with Gasteiger partial charge < -0.3 is 14.9 Å². The van der Waals surface area contributed by atoms with Gasteiger partial charge in [0.2, 0.25) is 0 Å². The third-order valence-corrected chi connectivity index (χ3v) is 2.01. The lowest BCUT2D eigenvalue weighted by Crippen LogP contribution is -2.21. The van der Waals surface area contributed by atoms with E-state index in [-0.39, 0.29) is 6.54 Å². The van der Waals surface area contributed by atoms with Crippen LogP contribution in [0.5, 0.6) is 5.75 Å². The summed E-state index contributed by atoms with van der Waals surface area (Å²) in [6.45, 7) is -0.200. The summed E-state index contributed by atoms with van der Waals surface area (Å²) < 4.78 is 4.93. The molecule has 0 aliphatic carbocycles. The Bertz CT molecular complexity index is 392. The first kappa shape index (κ1) is 12.3. The molecule has 0 aliphatic rings. The van der Waals surface area contributed by atoms with Gasteiger partial charge in [-0.2, -0.15) is 0 Å². The number of nitrogens with zero attached hydrogens (tertiary/aromatic N) is 4. The van der Waals surface area contributed by atoms with E-state index in [2.05, 4.69) is 15.0 Å². The number of pyridine rings is 1. The first-order valence-electron chi connectivity index (χ1n) is 4.55.